The lowest BCUT2D eigenvalue weighted by Gasteiger charge is -2.03. The third kappa shape index (κ3) is 5.02. The molecular weight excluding hydrogens is 180 g/mol. The van der Waals surface area contributed by atoms with Crippen molar-refractivity contribution in [1.29, 1.82) is 0 Å². The van der Waals surface area contributed by atoms with Gasteiger partial charge in [0.15, 0.2) is 0 Å². The molecule has 0 aliphatic rings. The highest BCUT2D eigenvalue weighted by atomic mass is 35.5. The summed E-state index contributed by atoms with van der Waals surface area (Å²) in [5, 5.41) is 0. The Morgan fingerprint density at radius 3 is 2.33 bits per heavy atom. The van der Waals surface area contributed by atoms with Gasteiger partial charge in [-0.1, -0.05) is 0 Å². The van der Waals surface area contributed by atoms with Crippen LogP contribution in [0.1, 0.15) is 13.8 Å². The molecule has 0 fully saturated rings. The first-order chi connectivity index (χ1) is 5.74. The molecule has 12 heavy (non-hydrogen) atoms. The second-order valence-electron chi connectivity index (χ2n) is 1.93. The van der Waals surface area contributed by atoms with E-state index in [1.807, 2.05) is 6.92 Å². The van der Waals surface area contributed by atoms with Crippen molar-refractivity contribution in [1.82, 2.24) is 0 Å². The topological polar surface area (TPSA) is 35.5 Å². The fourth-order valence-electron chi connectivity index (χ4n) is 0.620. The van der Waals surface area contributed by atoms with Crippen molar-refractivity contribution < 1.29 is 14.3 Å². The molecule has 70 valence electrons. The molecule has 0 N–H and O–H groups in total. The Morgan fingerprint density at radius 1 is 1.33 bits per heavy atom. The number of hydrogen-bond acceptors (Lipinski definition) is 3. The van der Waals surface area contributed by atoms with Gasteiger partial charge in [0.05, 0.1) is 25.2 Å². The van der Waals surface area contributed by atoms with Crippen LogP contribution in [0.5, 0.6) is 0 Å². The molecule has 0 saturated heterocycles. The Labute approximate surface area is 77.3 Å². The molecule has 0 radical (unpaired) electrons. The van der Waals surface area contributed by atoms with Gasteiger partial charge in [0.25, 0.3) is 0 Å². The van der Waals surface area contributed by atoms with E-state index in [0.29, 0.717) is 19.0 Å². The van der Waals surface area contributed by atoms with Gasteiger partial charge in [0.2, 0.25) is 0 Å². The van der Waals surface area contributed by atoms with Gasteiger partial charge in [0.1, 0.15) is 5.76 Å². The Kier molecular flexibility index (Phi) is 6.57. The number of ether oxygens (including phenoxy) is 2. The third-order valence-electron chi connectivity index (χ3n) is 1.03. The Hall–Kier alpha value is -0.700. The van der Waals surface area contributed by atoms with Crippen molar-refractivity contribution in [2.45, 2.75) is 13.8 Å². The normalized spacial score (nSPS) is 11.1. The molecule has 0 aliphatic heterocycles. The molecule has 0 heterocycles. The van der Waals surface area contributed by atoms with Crippen LogP contribution in [0.2, 0.25) is 0 Å². The molecule has 0 bridgehead atoms. The quantitative estimate of drug-likeness (QED) is 0.288. The molecular formula is C8H13ClO3. The summed E-state index contributed by atoms with van der Waals surface area (Å²) < 4.78 is 9.70. The second-order valence-corrected chi connectivity index (χ2v) is 2.20. The summed E-state index contributed by atoms with van der Waals surface area (Å²) in [6.07, 6.45) is 1.26. The maximum atomic E-state index is 10.8. The highest BCUT2D eigenvalue weighted by Crippen LogP contribution is 2.00. The van der Waals surface area contributed by atoms with Crippen LogP contribution >= 0.6 is 11.6 Å². The molecule has 4 heteroatoms. The summed E-state index contributed by atoms with van der Waals surface area (Å²) >= 11 is 5.49. The van der Waals surface area contributed by atoms with E-state index in [4.69, 9.17) is 16.3 Å². The molecule has 0 rings (SSSR count). The van der Waals surface area contributed by atoms with E-state index < -0.39 is 5.97 Å². The molecule has 0 atom stereocenters. The summed E-state index contributed by atoms with van der Waals surface area (Å²) in [6, 6.07) is 0. The average Bonchev–Trinajstić information content (AvgIpc) is 2.04. The maximum absolute atomic E-state index is 10.8. The number of alkyl halides is 1. The van der Waals surface area contributed by atoms with Gasteiger partial charge in [0, 0.05) is 0 Å². The summed E-state index contributed by atoms with van der Waals surface area (Å²) in [7, 11) is 0. The van der Waals surface area contributed by atoms with E-state index in [1.54, 1.807) is 6.92 Å². The number of carbonyl (C=O) groups is 1. The van der Waals surface area contributed by atoms with E-state index >= 15 is 0 Å². The van der Waals surface area contributed by atoms with E-state index in [-0.39, 0.29) is 5.88 Å². The maximum Gasteiger partial charge on any atom is 0.334 e. The Bertz CT molecular complexity index is 166. The Balaban J connectivity index is 3.98. The highest BCUT2D eigenvalue weighted by molar-refractivity contribution is 6.19. The minimum absolute atomic E-state index is 0.187. The number of allylic oxidation sites excluding steroid dienone is 1. The van der Waals surface area contributed by atoms with Gasteiger partial charge < -0.3 is 9.47 Å². The van der Waals surface area contributed by atoms with Gasteiger partial charge in [-0.2, -0.15) is 0 Å². The number of esters is 1. The van der Waals surface area contributed by atoms with E-state index in [1.165, 1.54) is 6.08 Å². The monoisotopic (exact) mass is 192 g/mol. The highest BCUT2D eigenvalue weighted by Gasteiger charge is 2.01. The number of carbonyl (C=O) groups excluding carboxylic acids is 1. The minimum Gasteiger partial charge on any atom is -0.497 e. The van der Waals surface area contributed by atoms with Crippen molar-refractivity contribution in [2.75, 3.05) is 19.1 Å². The van der Waals surface area contributed by atoms with Crippen molar-refractivity contribution in [3.05, 3.63) is 11.8 Å². The fraction of sp³-hybridized carbons (Fsp3) is 0.625. The van der Waals surface area contributed by atoms with E-state index in [2.05, 4.69) is 4.74 Å². The van der Waals surface area contributed by atoms with Crippen LogP contribution in [0.25, 0.3) is 0 Å². The second kappa shape index (κ2) is 6.98. The van der Waals surface area contributed by atoms with Crippen LogP contribution in [0.15, 0.2) is 11.8 Å². The van der Waals surface area contributed by atoms with Gasteiger partial charge in [-0.25, -0.2) is 4.79 Å². The number of halogens is 1. The van der Waals surface area contributed by atoms with Crippen LogP contribution in [0.4, 0.5) is 0 Å². The van der Waals surface area contributed by atoms with Crippen molar-refractivity contribution in [3.8, 4) is 0 Å². The lowest BCUT2D eigenvalue weighted by Crippen LogP contribution is -2.03. The van der Waals surface area contributed by atoms with Crippen molar-refractivity contribution >= 4 is 17.6 Å². The smallest absolute Gasteiger partial charge is 0.334 e. The van der Waals surface area contributed by atoms with Gasteiger partial charge in [-0.15, -0.1) is 11.6 Å². The standard InChI is InChI=1S/C8H13ClO3/c1-3-11-7(6-9)5-8(10)12-4-2/h5H,3-4,6H2,1-2H3/b7-5+. The predicted octanol–water partition coefficient (Wildman–Crippen LogP) is 1.71. The molecule has 0 aromatic carbocycles. The van der Waals surface area contributed by atoms with Gasteiger partial charge in [-0.05, 0) is 13.8 Å². The third-order valence-corrected chi connectivity index (χ3v) is 1.29. The van der Waals surface area contributed by atoms with E-state index in [0.717, 1.165) is 0 Å². The van der Waals surface area contributed by atoms with Crippen molar-refractivity contribution in [3.63, 3.8) is 0 Å². The van der Waals surface area contributed by atoms with Crippen LogP contribution in [0, 0.1) is 0 Å². The van der Waals surface area contributed by atoms with Crippen LogP contribution < -0.4 is 0 Å². The molecule has 0 aliphatic carbocycles. The SMILES string of the molecule is CCOC(=O)/C=C(\CCl)OCC. The van der Waals surface area contributed by atoms with Gasteiger partial charge >= 0.3 is 5.97 Å². The van der Waals surface area contributed by atoms with Crippen LogP contribution in [0.3, 0.4) is 0 Å². The molecule has 0 saturated carbocycles. The zero-order chi connectivity index (χ0) is 9.40. The molecule has 0 spiro atoms. The summed E-state index contributed by atoms with van der Waals surface area (Å²) in [5.74, 6) is 0.214. The zero-order valence-electron chi connectivity index (χ0n) is 7.30. The summed E-state index contributed by atoms with van der Waals surface area (Å²) in [5.41, 5.74) is 0. The lowest BCUT2D eigenvalue weighted by atomic mass is 10.5. The first kappa shape index (κ1) is 11.3. The predicted molar refractivity (Wildman–Crippen MR) is 47.1 cm³/mol. The first-order valence-electron chi connectivity index (χ1n) is 3.80. The molecule has 3 nitrogen and oxygen atoms in total. The van der Waals surface area contributed by atoms with Crippen LogP contribution in [-0.2, 0) is 14.3 Å². The average molecular weight is 193 g/mol. The van der Waals surface area contributed by atoms with Crippen molar-refractivity contribution in [2.24, 2.45) is 0 Å². The lowest BCUT2D eigenvalue weighted by molar-refractivity contribution is -0.137. The molecule has 0 amide bonds. The Morgan fingerprint density at radius 2 is 1.92 bits per heavy atom. The fourth-order valence-corrected chi connectivity index (χ4v) is 0.774. The summed E-state index contributed by atoms with van der Waals surface area (Å²) in [4.78, 5) is 10.8. The molecule has 0 aromatic heterocycles. The first-order valence-corrected chi connectivity index (χ1v) is 4.34. The molecule has 0 unspecified atom stereocenters. The van der Waals surface area contributed by atoms with Crippen LogP contribution in [-0.4, -0.2) is 25.1 Å². The van der Waals surface area contributed by atoms with E-state index in [9.17, 15) is 4.79 Å². The van der Waals surface area contributed by atoms with Gasteiger partial charge in [-0.3, -0.25) is 0 Å². The largest absolute Gasteiger partial charge is 0.497 e. The molecule has 0 aromatic rings. The zero-order valence-corrected chi connectivity index (χ0v) is 8.06. The summed E-state index contributed by atoms with van der Waals surface area (Å²) in [6.45, 7) is 4.42. The number of rotatable bonds is 5. The minimum atomic E-state index is -0.415. The number of hydrogen-bond donors (Lipinski definition) is 0.